The minimum absolute atomic E-state index is 0.0921. The number of ether oxygens (including phenoxy) is 2. The predicted octanol–water partition coefficient (Wildman–Crippen LogP) is 1.45. The summed E-state index contributed by atoms with van der Waals surface area (Å²) in [5.74, 6) is 1.29. The van der Waals surface area contributed by atoms with Crippen molar-refractivity contribution in [1.82, 2.24) is 14.5 Å². The molecule has 1 saturated heterocycles. The summed E-state index contributed by atoms with van der Waals surface area (Å²) in [5, 5.41) is 13.7. The second-order valence-electron chi connectivity index (χ2n) is 7.33. The number of sulfonamides is 1. The van der Waals surface area contributed by atoms with Crippen molar-refractivity contribution in [3.05, 3.63) is 58.6 Å². The smallest absolute Gasteiger partial charge is 0.317 e. The van der Waals surface area contributed by atoms with Crippen molar-refractivity contribution in [2.45, 2.75) is 11.0 Å². The fraction of sp³-hybridized carbons (Fsp3) is 0.350. The zero-order valence-electron chi connectivity index (χ0n) is 17.0. The normalized spacial score (nSPS) is 18.8. The van der Waals surface area contributed by atoms with Crippen molar-refractivity contribution >= 4 is 21.7 Å². The minimum atomic E-state index is -3.89. The first kappa shape index (κ1) is 21.8. The molecule has 2 amide bonds. The zero-order valence-corrected chi connectivity index (χ0v) is 17.9. The Morgan fingerprint density at radius 1 is 1.09 bits per heavy atom. The molecule has 2 aromatic rings. The van der Waals surface area contributed by atoms with Gasteiger partial charge in [-0.05, 0) is 18.2 Å². The summed E-state index contributed by atoms with van der Waals surface area (Å²) < 4.78 is 38.3. The molecule has 12 heteroatoms. The first-order valence-electron chi connectivity index (χ1n) is 10.0. The molecule has 0 spiro atoms. The number of benzene rings is 2. The Morgan fingerprint density at radius 3 is 2.53 bits per heavy atom. The highest BCUT2D eigenvalue weighted by molar-refractivity contribution is 7.89. The molecule has 11 nitrogen and oxygen atoms in total. The van der Waals surface area contributed by atoms with Gasteiger partial charge in [0.2, 0.25) is 10.0 Å². The number of urea groups is 1. The van der Waals surface area contributed by atoms with Gasteiger partial charge in [0.15, 0.2) is 17.6 Å². The lowest BCUT2D eigenvalue weighted by molar-refractivity contribution is -0.385. The van der Waals surface area contributed by atoms with Crippen LogP contribution < -0.4 is 14.8 Å². The average Bonchev–Trinajstić information content (AvgIpc) is 2.82. The molecule has 2 heterocycles. The van der Waals surface area contributed by atoms with Crippen molar-refractivity contribution in [1.29, 1.82) is 0 Å². The van der Waals surface area contributed by atoms with Gasteiger partial charge in [-0.3, -0.25) is 10.1 Å². The van der Waals surface area contributed by atoms with Crippen LogP contribution in [0.25, 0.3) is 0 Å². The lowest BCUT2D eigenvalue weighted by atomic mass is 10.2. The number of amides is 2. The molecule has 2 aliphatic rings. The Labute approximate surface area is 184 Å². The van der Waals surface area contributed by atoms with Crippen molar-refractivity contribution in [2.75, 3.05) is 39.3 Å². The lowest BCUT2D eigenvalue weighted by Crippen LogP contribution is -2.54. The van der Waals surface area contributed by atoms with E-state index in [4.69, 9.17) is 9.47 Å². The van der Waals surface area contributed by atoms with Crippen LogP contribution in [0.2, 0.25) is 0 Å². The molecule has 1 fully saturated rings. The van der Waals surface area contributed by atoms with E-state index in [-0.39, 0.29) is 55.4 Å². The second-order valence-corrected chi connectivity index (χ2v) is 9.27. The maximum absolute atomic E-state index is 12.8. The summed E-state index contributed by atoms with van der Waals surface area (Å²) >= 11 is 0. The van der Waals surface area contributed by atoms with Crippen LogP contribution >= 0.6 is 0 Å². The highest BCUT2D eigenvalue weighted by Crippen LogP contribution is 2.30. The molecular weight excluding hydrogens is 440 g/mol. The van der Waals surface area contributed by atoms with Gasteiger partial charge in [-0.15, -0.1) is 0 Å². The number of rotatable bonds is 5. The number of carbonyl (C=O) groups excluding carboxylic acids is 1. The number of para-hydroxylation sites is 2. The van der Waals surface area contributed by atoms with Gasteiger partial charge in [0.05, 0.1) is 16.4 Å². The fourth-order valence-electron chi connectivity index (χ4n) is 3.51. The Hall–Kier alpha value is -3.38. The van der Waals surface area contributed by atoms with Crippen molar-refractivity contribution in [2.24, 2.45) is 0 Å². The van der Waals surface area contributed by atoms with E-state index in [1.807, 2.05) is 18.2 Å². The highest BCUT2D eigenvalue weighted by atomic mass is 32.2. The molecule has 0 saturated carbocycles. The molecule has 0 aromatic heterocycles. The van der Waals surface area contributed by atoms with Crippen LogP contribution in [0.4, 0.5) is 10.5 Å². The molecule has 1 atom stereocenters. The molecular formula is C20H22N4O7S. The minimum Gasteiger partial charge on any atom is -0.486 e. The summed E-state index contributed by atoms with van der Waals surface area (Å²) in [6, 6.07) is 11.9. The summed E-state index contributed by atoms with van der Waals surface area (Å²) in [6.45, 7) is 1.14. The first-order chi connectivity index (χ1) is 15.3. The largest absolute Gasteiger partial charge is 0.486 e. The number of hydrogen-bond donors (Lipinski definition) is 1. The number of carbonyl (C=O) groups is 1. The van der Waals surface area contributed by atoms with E-state index < -0.39 is 14.9 Å². The Morgan fingerprint density at radius 2 is 1.81 bits per heavy atom. The highest BCUT2D eigenvalue weighted by Gasteiger charge is 2.31. The number of nitro benzene ring substituents is 1. The third kappa shape index (κ3) is 4.60. The van der Waals surface area contributed by atoms with E-state index >= 15 is 0 Å². The number of nitrogens with zero attached hydrogens (tertiary/aromatic N) is 3. The number of non-ortho nitro benzene ring substituents is 1. The van der Waals surface area contributed by atoms with E-state index in [9.17, 15) is 23.3 Å². The maximum atomic E-state index is 12.8. The zero-order chi connectivity index (χ0) is 22.7. The lowest BCUT2D eigenvalue weighted by Gasteiger charge is -2.34. The van der Waals surface area contributed by atoms with E-state index in [0.717, 1.165) is 6.07 Å². The van der Waals surface area contributed by atoms with Crippen LogP contribution in [0.1, 0.15) is 0 Å². The summed E-state index contributed by atoms with van der Waals surface area (Å²) in [6.07, 6.45) is -0.329. The number of nitro groups is 1. The van der Waals surface area contributed by atoms with Crippen LogP contribution in [0.3, 0.4) is 0 Å². The molecule has 2 aromatic carbocycles. The third-order valence-corrected chi connectivity index (χ3v) is 7.14. The SMILES string of the molecule is O=C(NCC1COc2ccccc2O1)N1CCN(S(=O)(=O)c2cccc([N+](=O)[O-])c2)CC1. The molecule has 170 valence electrons. The Bertz CT molecular complexity index is 1120. The van der Waals surface area contributed by atoms with E-state index in [2.05, 4.69) is 5.32 Å². The maximum Gasteiger partial charge on any atom is 0.317 e. The molecule has 0 aliphatic carbocycles. The van der Waals surface area contributed by atoms with Gasteiger partial charge >= 0.3 is 6.03 Å². The topological polar surface area (TPSA) is 131 Å². The average molecular weight is 462 g/mol. The summed E-state index contributed by atoms with van der Waals surface area (Å²) in [5.41, 5.74) is -0.291. The van der Waals surface area contributed by atoms with Crippen LogP contribution in [0.15, 0.2) is 53.4 Å². The molecule has 1 unspecified atom stereocenters. The van der Waals surface area contributed by atoms with E-state index in [1.54, 1.807) is 6.07 Å². The van der Waals surface area contributed by atoms with Crippen LogP contribution in [0.5, 0.6) is 11.5 Å². The summed E-state index contributed by atoms with van der Waals surface area (Å²) in [4.78, 5) is 24.2. The van der Waals surface area contributed by atoms with E-state index in [1.165, 1.54) is 27.4 Å². The first-order valence-corrected chi connectivity index (χ1v) is 11.4. The van der Waals surface area contributed by atoms with Crippen molar-refractivity contribution in [3.63, 3.8) is 0 Å². The van der Waals surface area contributed by atoms with Gasteiger partial charge in [-0.25, -0.2) is 13.2 Å². The Kier molecular flexibility index (Phi) is 6.15. The predicted molar refractivity (Wildman–Crippen MR) is 113 cm³/mol. The van der Waals surface area contributed by atoms with Crippen molar-refractivity contribution in [3.8, 4) is 11.5 Å². The monoisotopic (exact) mass is 462 g/mol. The molecule has 4 rings (SSSR count). The second kappa shape index (κ2) is 9.01. The number of fused-ring (bicyclic) bond motifs is 1. The van der Waals surface area contributed by atoms with Crippen LogP contribution in [0, 0.1) is 10.1 Å². The third-order valence-electron chi connectivity index (χ3n) is 5.24. The van der Waals surface area contributed by atoms with Gasteiger partial charge in [0.1, 0.15) is 6.61 Å². The summed E-state index contributed by atoms with van der Waals surface area (Å²) in [7, 11) is -3.89. The number of nitrogens with one attached hydrogen (secondary N) is 1. The van der Waals surface area contributed by atoms with Gasteiger partial charge in [0.25, 0.3) is 5.69 Å². The molecule has 32 heavy (non-hydrogen) atoms. The Balaban J connectivity index is 1.29. The van der Waals surface area contributed by atoms with Crippen LogP contribution in [-0.4, -0.2) is 74.0 Å². The van der Waals surface area contributed by atoms with Gasteiger partial charge in [0, 0.05) is 38.3 Å². The molecule has 0 bridgehead atoms. The molecule has 1 N–H and O–H groups in total. The number of hydrogen-bond acceptors (Lipinski definition) is 7. The number of piperazine rings is 1. The molecule has 0 radical (unpaired) electrons. The van der Waals surface area contributed by atoms with Gasteiger partial charge in [-0.1, -0.05) is 18.2 Å². The fourth-order valence-corrected chi connectivity index (χ4v) is 4.98. The van der Waals surface area contributed by atoms with Gasteiger partial charge < -0.3 is 19.7 Å². The van der Waals surface area contributed by atoms with E-state index in [0.29, 0.717) is 18.1 Å². The molecule has 2 aliphatic heterocycles. The quantitative estimate of drug-likeness (QED) is 0.525. The van der Waals surface area contributed by atoms with Gasteiger partial charge in [-0.2, -0.15) is 4.31 Å². The van der Waals surface area contributed by atoms with Crippen LogP contribution in [-0.2, 0) is 10.0 Å². The standard InChI is InChI=1S/C20H22N4O7S/c25-20(21-13-16-14-30-18-6-1-2-7-19(18)31-16)22-8-10-23(11-9-22)32(28,29)17-5-3-4-15(12-17)24(26)27/h1-7,12,16H,8-11,13-14H2,(H,21,25). The van der Waals surface area contributed by atoms with Crippen molar-refractivity contribution < 1.29 is 27.6 Å².